The normalized spacial score (nSPS) is 14.1. The van der Waals surface area contributed by atoms with Crippen molar-refractivity contribution in [1.29, 1.82) is 0 Å². The summed E-state index contributed by atoms with van der Waals surface area (Å²) in [6, 6.07) is 1.07. The molecule has 0 bridgehead atoms. The lowest BCUT2D eigenvalue weighted by atomic mass is 10.2. The van der Waals surface area contributed by atoms with Crippen molar-refractivity contribution in [2.24, 2.45) is 4.99 Å². The SMILES string of the molecule is CN=C(NCCN(C(C)C)C(C)C)NC(C)CCS(C)(=O)=O.I. The Balaban J connectivity index is 0. The van der Waals surface area contributed by atoms with Gasteiger partial charge in [0.15, 0.2) is 5.96 Å². The van der Waals surface area contributed by atoms with Gasteiger partial charge >= 0.3 is 0 Å². The van der Waals surface area contributed by atoms with Crippen LogP contribution in [0, 0.1) is 0 Å². The minimum absolute atomic E-state index is 0. The van der Waals surface area contributed by atoms with Gasteiger partial charge in [-0.2, -0.15) is 0 Å². The fourth-order valence-electron chi connectivity index (χ4n) is 2.31. The van der Waals surface area contributed by atoms with E-state index in [1.807, 2.05) is 6.92 Å². The molecule has 0 saturated heterocycles. The summed E-state index contributed by atoms with van der Waals surface area (Å²) in [5, 5.41) is 6.51. The van der Waals surface area contributed by atoms with Crippen LogP contribution in [0.2, 0.25) is 0 Å². The summed E-state index contributed by atoms with van der Waals surface area (Å²) in [5.74, 6) is 0.903. The summed E-state index contributed by atoms with van der Waals surface area (Å²) in [4.78, 5) is 6.60. The quantitative estimate of drug-likeness (QED) is 0.310. The zero-order valence-electron chi connectivity index (χ0n) is 15.6. The number of sulfone groups is 1. The maximum Gasteiger partial charge on any atom is 0.191 e. The molecule has 0 aromatic carbocycles. The van der Waals surface area contributed by atoms with Crippen molar-refractivity contribution in [3.8, 4) is 0 Å². The molecule has 0 aliphatic rings. The third-order valence-corrected chi connectivity index (χ3v) is 4.49. The van der Waals surface area contributed by atoms with E-state index >= 15 is 0 Å². The predicted molar refractivity (Wildman–Crippen MR) is 111 cm³/mol. The smallest absolute Gasteiger partial charge is 0.191 e. The molecule has 1 unspecified atom stereocenters. The van der Waals surface area contributed by atoms with Gasteiger partial charge in [0, 0.05) is 44.5 Å². The van der Waals surface area contributed by atoms with Gasteiger partial charge in [0.05, 0.1) is 5.75 Å². The van der Waals surface area contributed by atoms with E-state index in [9.17, 15) is 8.42 Å². The maximum absolute atomic E-state index is 11.2. The van der Waals surface area contributed by atoms with Crippen LogP contribution in [0.5, 0.6) is 0 Å². The topological polar surface area (TPSA) is 73.8 Å². The van der Waals surface area contributed by atoms with Crippen LogP contribution in [0.25, 0.3) is 0 Å². The number of hydrogen-bond acceptors (Lipinski definition) is 4. The van der Waals surface area contributed by atoms with E-state index in [2.05, 4.69) is 48.2 Å². The minimum Gasteiger partial charge on any atom is -0.355 e. The first kappa shape index (κ1) is 25.2. The van der Waals surface area contributed by atoms with E-state index in [0.29, 0.717) is 24.5 Å². The molecule has 0 saturated carbocycles. The highest BCUT2D eigenvalue weighted by atomic mass is 127. The molecule has 0 aromatic rings. The van der Waals surface area contributed by atoms with Crippen LogP contribution in [0.3, 0.4) is 0 Å². The first-order valence-electron chi connectivity index (χ1n) is 7.97. The van der Waals surface area contributed by atoms with E-state index in [1.165, 1.54) is 6.26 Å². The number of halogens is 1. The molecule has 0 spiro atoms. The molecule has 8 heteroatoms. The van der Waals surface area contributed by atoms with Crippen molar-refractivity contribution in [3.63, 3.8) is 0 Å². The van der Waals surface area contributed by atoms with E-state index < -0.39 is 9.84 Å². The lowest BCUT2D eigenvalue weighted by molar-refractivity contribution is 0.178. The van der Waals surface area contributed by atoms with Crippen molar-refractivity contribution in [2.75, 3.05) is 32.1 Å². The van der Waals surface area contributed by atoms with Gasteiger partial charge in [-0.15, -0.1) is 24.0 Å². The Bertz CT molecular complexity index is 431. The van der Waals surface area contributed by atoms with Crippen molar-refractivity contribution in [1.82, 2.24) is 15.5 Å². The molecule has 1 atom stereocenters. The largest absolute Gasteiger partial charge is 0.355 e. The average Bonchev–Trinajstić information content (AvgIpc) is 2.38. The van der Waals surface area contributed by atoms with Gasteiger partial charge < -0.3 is 10.6 Å². The van der Waals surface area contributed by atoms with E-state index in [-0.39, 0.29) is 35.8 Å². The second kappa shape index (κ2) is 12.3. The fourth-order valence-corrected chi connectivity index (χ4v) is 3.09. The third-order valence-electron chi connectivity index (χ3n) is 3.52. The fraction of sp³-hybridized carbons (Fsp3) is 0.933. The lowest BCUT2D eigenvalue weighted by Gasteiger charge is -2.30. The van der Waals surface area contributed by atoms with Crippen LogP contribution < -0.4 is 10.6 Å². The van der Waals surface area contributed by atoms with Gasteiger partial charge in [-0.3, -0.25) is 9.89 Å². The zero-order valence-corrected chi connectivity index (χ0v) is 18.7. The molecule has 0 rings (SSSR count). The third kappa shape index (κ3) is 12.9. The minimum atomic E-state index is -2.92. The summed E-state index contributed by atoms with van der Waals surface area (Å²) in [6.45, 7) is 12.5. The molecule has 0 amide bonds. The number of guanidine groups is 1. The van der Waals surface area contributed by atoms with Crippen LogP contribution in [-0.4, -0.2) is 69.5 Å². The Morgan fingerprint density at radius 3 is 2.04 bits per heavy atom. The Morgan fingerprint density at radius 2 is 1.65 bits per heavy atom. The number of nitrogens with zero attached hydrogens (tertiary/aromatic N) is 2. The average molecular weight is 462 g/mol. The van der Waals surface area contributed by atoms with Gasteiger partial charge in [-0.1, -0.05) is 0 Å². The molecule has 0 aliphatic carbocycles. The molecule has 140 valence electrons. The van der Waals surface area contributed by atoms with E-state index in [0.717, 1.165) is 13.1 Å². The second-order valence-electron chi connectivity index (χ2n) is 6.39. The molecular weight excluding hydrogens is 427 g/mol. The molecule has 0 aromatic heterocycles. The van der Waals surface area contributed by atoms with Crippen LogP contribution in [0.15, 0.2) is 4.99 Å². The van der Waals surface area contributed by atoms with Gasteiger partial charge in [-0.05, 0) is 41.0 Å². The molecule has 0 fully saturated rings. The summed E-state index contributed by atoms with van der Waals surface area (Å²) in [5.41, 5.74) is 0. The maximum atomic E-state index is 11.2. The number of hydrogen-bond donors (Lipinski definition) is 2. The van der Waals surface area contributed by atoms with Gasteiger partial charge in [0.1, 0.15) is 9.84 Å². The summed E-state index contributed by atoms with van der Waals surface area (Å²) >= 11 is 0. The Morgan fingerprint density at radius 1 is 1.13 bits per heavy atom. The highest BCUT2D eigenvalue weighted by Gasteiger charge is 2.13. The van der Waals surface area contributed by atoms with Crippen LogP contribution >= 0.6 is 24.0 Å². The van der Waals surface area contributed by atoms with E-state index in [1.54, 1.807) is 7.05 Å². The molecule has 0 radical (unpaired) electrons. The van der Waals surface area contributed by atoms with Gasteiger partial charge in [0.2, 0.25) is 0 Å². The molecule has 0 aliphatic heterocycles. The van der Waals surface area contributed by atoms with Gasteiger partial charge in [0.25, 0.3) is 0 Å². The van der Waals surface area contributed by atoms with E-state index in [4.69, 9.17) is 0 Å². The Kier molecular flexibility index (Phi) is 13.4. The number of nitrogens with one attached hydrogen (secondary N) is 2. The van der Waals surface area contributed by atoms with Crippen molar-refractivity contribution < 1.29 is 8.42 Å². The molecule has 6 nitrogen and oxygen atoms in total. The Labute approximate surface area is 159 Å². The van der Waals surface area contributed by atoms with Crippen molar-refractivity contribution >= 4 is 39.8 Å². The molecule has 23 heavy (non-hydrogen) atoms. The standard InChI is InChI=1S/C15H34N4O2S.HI/c1-12(2)19(13(3)4)10-9-17-15(16-6)18-14(5)8-11-22(7,20)21;/h12-14H,8-11H2,1-7H3,(H2,16,17,18);1H. The number of aliphatic imine (C=N–C) groups is 1. The molecule has 2 N–H and O–H groups in total. The Hall–Kier alpha value is -0.0900. The van der Waals surface area contributed by atoms with Crippen LogP contribution in [-0.2, 0) is 9.84 Å². The second-order valence-corrected chi connectivity index (χ2v) is 8.65. The lowest BCUT2D eigenvalue weighted by Crippen LogP contribution is -2.47. The first-order chi connectivity index (χ1) is 10.1. The summed E-state index contributed by atoms with van der Waals surface area (Å²) in [7, 11) is -1.19. The predicted octanol–water partition coefficient (Wildman–Crippen LogP) is 1.71. The zero-order chi connectivity index (χ0) is 17.3. The molecule has 0 heterocycles. The highest BCUT2D eigenvalue weighted by Crippen LogP contribution is 2.03. The number of rotatable bonds is 9. The van der Waals surface area contributed by atoms with Crippen molar-refractivity contribution in [3.05, 3.63) is 0 Å². The van der Waals surface area contributed by atoms with Crippen LogP contribution in [0.1, 0.15) is 41.0 Å². The summed E-state index contributed by atoms with van der Waals surface area (Å²) < 4.78 is 22.4. The highest BCUT2D eigenvalue weighted by molar-refractivity contribution is 14.0. The van der Waals surface area contributed by atoms with Crippen LogP contribution in [0.4, 0.5) is 0 Å². The first-order valence-corrected chi connectivity index (χ1v) is 10.0. The van der Waals surface area contributed by atoms with Gasteiger partial charge in [-0.25, -0.2) is 8.42 Å². The molecular formula is C15H35IN4O2S. The monoisotopic (exact) mass is 462 g/mol. The van der Waals surface area contributed by atoms with Crippen molar-refractivity contribution in [2.45, 2.75) is 59.2 Å². The summed E-state index contributed by atoms with van der Waals surface area (Å²) in [6.07, 6.45) is 1.84.